The van der Waals surface area contributed by atoms with Crippen LogP contribution in [-0.2, 0) is 0 Å². The van der Waals surface area contributed by atoms with Crippen LogP contribution in [0, 0.1) is 0 Å². The van der Waals surface area contributed by atoms with E-state index in [4.69, 9.17) is 12.2 Å². The third kappa shape index (κ3) is 1.77. The third-order valence-corrected chi connectivity index (χ3v) is 4.39. The highest BCUT2D eigenvalue weighted by atomic mass is 32.2. The molecule has 1 aliphatic heterocycles. The lowest BCUT2D eigenvalue weighted by molar-refractivity contribution is 0.325. The van der Waals surface area contributed by atoms with Crippen molar-refractivity contribution in [3.05, 3.63) is 0 Å². The number of hydrogen-bond donors (Lipinski definition) is 0. The van der Waals surface area contributed by atoms with E-state index in [-0.39, 0.29) is 0 Å². The molecular formula is C9H17NS2. The molecule has 0 saturated carbocycles. The summed E-state index contributed by atoms with van der Waals surface area (Å²) < 4.78 is 1.11. The zero-order valence-electron chi connectivity index (χ0n) is 8.04. The maximum absolute atomic E-state index is 5.32. The Morgan fingerprint density at radius 2 is 2.00 bits per heavy atom. The van der Waals surface area contributed by atoms with Gasteiger partial charge in [0, 0.05) is 17.8 Å². The van der Waals surface area contributed by atoms with Gasteiger partial charge in [-0.25, -0.2) is 0 Å². The van der Waals surface area contributed by atoms with Gasteiger partial charge in [-0.15, -0.1) is 0 Å². The van der Waals surface area contributed by atoms with E-state index in [9.17, 15) is 0 Å². The number of thiocarbonyl (C=S) groups is 1. The van der Waals surface area contributed by atoms with Crippen molar-refractivity contribution >= 4 is 28.3 Å². The summed E-state index contributed by atoms with van der Waals surface area (Å²) in [6, 6.07) is 0.692. The molecule has 0 aromatic carbocycles. The second-order valence-electron chi connectivity index (χ2n) is 3.09. The fourth-order valence-corrected chi connectivity index (χ4v) is 3.77. The molecule has 2 atom stereocenters. The predicted molar refractivity (Wildman–Crippen MR) is 60.7 cm³/mol. The van der Waals surface area contributed by atoms with Crippen molar-refractivity contribution in [2.75, 3.05) is 6.54 Å². The van der Waals surface area contributed by atoms with E-state index in [0.717, 1.165) is 16.1 Å². The molecule has 1 heterocycles. The zero-order chi connectivity index (χ0) is 9.14. The Kier molecular flexibility index (Phi) is 3.84. The molecule has 2 unspecified atom stereocenters. The number of rotatable bonds is 3. The Morgan fingerprint density at radius 3 is 2.42 bits per heavy atom. The number of nitrogens with zero attached hydrogens (tertiary/aromatic N) is 1. The van der Waals surface area contributed by atoms with Gasteiger partial charge in [0.25, 0.3) is 0 Å². The van der Waals surface area contributed by atoms with Crippen LogP contribution in [0.3, 0.4) is 0 Å². The highest BCUT2D eigenvalue weighted by Gasteiger charge is 2.34. The van der Waals surface area contributed by atoms with Crippen LogP contribution in [-0.4, -0.2) is 27.1 Å². The van der Waals surface area contributed by atoms with Crippen LogP contribution in [0.15, 0.2) is 0 Å². The zero-order valence-corrected chi connectivity index (χ0v) is 9.67. The maximum atomic E-state index is 5.32. The first kappa shape index (κ1) is 10.3. The van der Waals surface area contributed by atoms with Crippen molar-refractivity contribution in [1.29, 1.82) is 0 Å². The lowest BCUT2D eigenvalue weighted by Crippen LogP contribution is -2.35. The van der Waals surface area contributed by atoms with Gasteiger partial charge in [0.05, 0.1) is 0 Å². The van der Waals surface area contributed by atoms with Gasteiger partial charge < -0.3 is 4.90 Å². The molecule has 0 aromatic rings. The van der Waals surface area contributed by atoms with E-state index >= 15 is 0 Å². The van der Waals surface area contributed by atoms with Crippen molar-refractivity contribution in [1.82, 2.24) is 4.90 Å². The van der Waals surface area contributed by atoms with Gasteiger partial charge in [0.1, 0.15) is 4.32 Å². The molecule has 0 spiro atoms. The fourth-order valence-electron chi connectivity index (χ4n) is 1.81. The number of hydrogen-bond acceptors (Lipinski definition) is 2. The van der Waals surface area contributed by atoms with E-state index in [0.29, 0.717) is 6.04 Å². The lowest BCUT2D eigenvalue weighted by atomic mass is 10.1. The van der Waals surface area contributed by atoms with Gasteiger partial charge in [-0.3, -0.25) is 0 Å². The van der Waals surface area contributed by atoms with Crippen LogP contribution in [0.2, 0.25) is 0 Å². The second kappa shape index (κ2) is 4.47. The molecule has 1 fully saturated rings. The van der Waals surface area contributed by atoms with E-state index in [1.807, 2.05) is 11.8 Å². The molecule has 0 aliphatic carbocycles. The molecule has 70 valence electrons. The Morgan fingerprint density at radius 1 is 1.33 bits per heavy atom. The molecule has 1 rings (SSSR count). The second-order valence-corrected chi connectivity index (χ2v) is 4.97. The highest BCUT2D eigenvalue weighted by Crippen LogP contribution is 2.34. The van der Waals surface area contributed by atoms with Crippen LogP contribution < -0.4 is 0 Å². The Hall–Kier alpha value is 0.240. The minimum atomic E-state index is 0.692. The summed E-state index contributed by atoms with van der Waals surface area (Å²) in [6.07, 6.45) is 2.46. The Bertz CT molecular complexity index is 170. The van der Waals surface area contributed by atoms with Gasteiger partial charge in [-0.05, 0) is 19.8 Å². The molecule has 0 bridgehead atoms. The maximum Gasteiger partial charge on any atom is 0.136 e. The minimum absolute atomic E-state index is 0.692. The van der Waals surface area contributed by atoms with Crippen molar-refractivity contribution in [3.63, 3.8) is 0 Å². The van der Waals surface area contributed by atoms with E-state index in [1.165, 1.54) is 12.8 Å². The Labute approximate surface area is 84.9 Å². The average molecular weight is 203 g/mol. The van der Waals surface area contributed by atoms with E-state index in [1.54, 1.807) is 0 Å². The van der Waals surface area contributed by atoms with Gasteiger partial charge in [-0.2, -0.15) is 0 Å². The molecule has 1 nitrogen and oxygen atoms in total. The van der Waals surface area contributed by atoms with Crippen molar-refractivity contribution in [2.24, 2.45) is 0 Å². The smallest absolute Gasteiger partial charge is 0.136 e. The van der Waals surface area contributed by atoms with Gasteiger partial charge >= 0.3 is 0 Å². The predicted octanol–water partition coefficient (Wildman–Crippen LogP) is 2.90. The van der Waals surface area contributed by atoms with E-state index < -0.39 is 0 Å². The first-order valence-corrected chi connectivity index (χ1v) is 6.00. The SMILES string of the molecule is CCC1SC(=S)N(CC)C1CC. The summed E-state index contributed by atoms with van der Waals surface area (Å²) in [5, 5.41) is 0.738. The molecule has 0 aromatic heterocycles. The summed E-state index contributed by atoms with van der Waals surface area (Å²) in [4.78, 5) is 2.37. The van der Waals surface area contributed by atoms with Crippen molar-refractivity contribution < 1.29 is 0 Å². The highest BCUT2D eigenvalue weighted by molar-refractivity contribution is 8.23. The molecule has 1 saturated heterocycles. The van der Waals surface area contributed by atoms with Crippen LogP contribution in [0.4, 0.5) is 0 Å². The van der Waals surface area contributed by atoms with E-state index in [2.05, 4.69) is 25.7 Å². The van der Waals surface area contributed by atoms with Crippen LogP contribution in [0.1, 0.15) is 33.6 Å². The topological polar surface area (TPSA) is 3.24 Å². The molecular weight excluding hydrogens is 186 g/mol. The lowest BCUT2D eigenvalue weighted by Gasteiger charge is -2.25. The molecule has 0 radical (unpaired) electrons. The van der Waals surface area contributed by atoms with Gasteiger partial charge in [-0.1, -0.05) is 37.8 Å². The van der Waals surface area contributed by atoms with Gasteiger partial charge in [0.15, 0.2) is 0 Å². The monoisotopic (exact) mass is 203 g/mol. The quantitative estimate of drug-likeness (QED) is 0.649. The van der Waals surface area contributed by atoms with Crippen LogP contribution in [0.5, 0.6) is 0 Å². The molecule has 3 heteroatoms. The summed E-state index contributed by atoms with van der Waals surface area (Å²) >= 11 is 7.20. The Balaban J connectivity index is 2.68. The average Bonchev–Trinajstić information content (AvgIpc) is 2.40. The molecule has 0 amide bonds. The minimum Gasteiger partial charge on any atom is -0.354 e. The molecule has 1 aliphatic rings. The van der Waals surface area contributed by atoms with Crippen LogP contribution in [0.25, 0.3) is 0 Å². The number of thioether (sulfide) groups is 1. The third-order valence-electron chi connectivity index (χ3n) is 2.48. The first-order chi connectivity index (χ1) is 5.74. The first-order valence-electron chi connectivity index (χ1n) is 4.71. The van der Waals surface area contributed by atoms with Crippen molar-refractivity contribution in [3.8, 4) is 0 Å². The van der Waals surface area contributed by atoms with Crippen LogP contribution >= 0.6 is 24.0 Å². The summed E-state index contributed by atoms with van der Waals surface area (Å²) in [7, 11) is 0. The summed E-state index contributed by atoms with van der Waals surface area (Å²) in [5.74, 6) is 0. The normalized spacial score (nSPS) is 29.9. The molecule has 0 N–H and O–H groups in total. The standard InChI is InChI=1S/C9H17NS2/c1-4-7-8(5-2)12-9(11)10(7)6-3/h7-8H,4-6H2,1-3H3. The molecule has 12 heavy (non-hydrogen) atoms. The fraction of sp³-hybridized carbons (Fsp3) is 0.889. The summed E-state index contributed by atoms with van der Waals surface area (Å²) in [6.45, 7) is 7.76. The van der Waals surface area contributed by atoms with Crippen molar-refractivity contribution in [2.45, 2.75) is 44.9 Å². The van der Waals surface area contributed by atoms with Gasteiger partial charge in [0.2, 0.25) is 0 Å². The largest absolute Gasteiger partial charge is 0.354 e. The summed E-state index contributed by atoms with van der Waals surface area (Å²) in [5.41, 5.74) is 0.